The Morgan fingerprint density at radius 3 is 1.89 bits per heavy atom. The summed E-state index contributed by atoms with van der Waals surface area (Å²) < 4.78 is 10.6. The summed E-state index contributed by atoms with van der Waals surface area (Å²) in [5.41, 5.74) is 7.66. The Hall–Kier alpha value is -1.22. The summed E-state index contributed by atoms with van der Waals surface area (Å²) in [6, 6.07) is 5.84. The van der Waals surface area contributed by atoms with E-state index in [1.807, 2.05) is 18.2 Å². The van der Waals surface area contributed by atoms with Crippen LogP contribution in [0.5, 0.6) is 11.5 Å². The molecule has 3 nitrogen and oxygen atoms in total. The molecule has 19 heavy (non-hydrogen) atoms. The third-order valence-electron chi connectivity index (χ3n) is 3.89. The van der Waals surface area contributed by atoms with Gasteiger partial charge < -0.3 is 15.2 Å². The Morgan fingerprint density at radius 1 is 1.05 bits per heavy atom. The molecule has 0 heterocycles. The van der Waals surface area contributed by atoms with E-state index >= 15 is 0 Å². The first-order chi connectivity index (χ1) is 8.77. The zero-order valence-electron chi connectivity index (χ0n) is 13.0. The van der Waals surface area contributed by atoms with Crippen molar-refractivity contribution in [2.24, 2.45) is 17.1 Å². The van der Waals surface area contributed by atoms with Crippen molar-refractivity contribution in [2.45, 2.75) is 40.2 Å². The molecule has 1 aromatic carbocycles. The van der Waals surface area contributed by atoms with E-state index in [0.29, 0.717) is 5.92 Å². The van der Waals surface area contributed by atoms with Crippen molar-refractivity contribution in [1.29, 1.82) is 0 Å². The third kappa shape index (κ3) is 4.43. The molecule has 0 aliphatic carbocycles. The van der Waals surface area contributed by atoms with E-state index in [4.69, 9.17) is 15.2 Å². The van der Waals surface area contributed by atoms with Crippen LogP contribution in [0.2, 0.25) is 0 Å². The summed E-state index contributed by atoms with van der Waals surface area (Å²) >= 11 is 0. The smallest absolute Gasteiger partial charge is 0.122 e. The van der Waals surface area contributed by atoms with E-state index in [1.54, 1.807) is 14.2 Å². The molecule has 108 valence electrons. The fraction of sp³-hybridized carbons (Fsp3) is 0.625. The Bertz CT molecular complexity index is 387. The lowest BCUT2D eigenvalue weighted by atomic mass is 9.78. The first-order valence-electron chi connectivity index (χ1n) is 6.76. The second-order valence-electron chi connectivity index (χ2n) is 6.26. The Labute approximate surface area is 117 Å². The molecule has 0 spiro atoms. The van der Waals surface area contributed by atoms with Crippen molar-refractivity contribution in [2.75, 3.05) is 14.2 Å². The number of benzene rings is 1. The number of rotatable bonds is 5. The highest BCUT2D eigenvalue weighted by atomic mass is 16.5. The van der Waals surface area contributed by atoms with Gasteiger partial charge in [-0.05, 0) is 35.4 Å². The van der Waals surface area contributed by atoms with Gasteiger partial charge in [0, 0.05) is 12.1 Å². The normalized spacial score (nSPS) is 14.9. The van der Waals surface area contributed by atoms with Gasteiger partial charge in [-0.2, -0.15) is 0 Å². The van der Waals surface area contributed by atoms with Crippen LogP contribution in [0.25, 0.3) is 0 Å². The molecule has 1 aromatic rings. The second kappa shape index (κ2) is 6.29. The summed E-state index contributed by atoms with van der Waals surface area (Å²) in [5.74, 6) is 2.11. The van der Waals surface area contributed by atoms with Gasteiger partial charge in [-0.25, -0.2) is 0 Å². The molecular formula is C16H27NO2. The Balaban J connectivity index is 2.90. The van der Waals surface area contributed by atoms with E-state index in [-0.39, 0.29) is 11.5 Å². The van der Waals surface area contributed by atoms with Crippen molar-refractivity contribution in [3.8, 4) is 11.5 Å². The van der Waals surface area contributed by atoms with Gasteiger partial charge in [-0.3, -0.25) is 0 Å². The predicted molar refractivity (Wildman–Crippen MR) is 79.7 cm³/mol. The third-order valence-corrected chi connectivity index (χ3v) is 3.89. The highest BCUT2D eigenvalue weighted by Gasteiger charge is 2.23. The summed E-state index contributed by atoms with van der Waals surface area (Å²) in [5, 5.41) is 0. The summed E-state index contributed by atoms with van der Waals surface area (Å²) in [6.07, 6.45) is 0.944. The zero-order chi connectivity index (χ0) is 14.6. The monoisotopic (exact) mass is 265 g/mol. The number of nitrogens with two attached hydrogens (primary N) is 1. The highest BCUT2D eigenvalue weighted by molar-refractivity contribution is 5.39. The van der Waals surface area contributed by atoms with Crippen molar-refractivity contribution in [1.82, 2.24) is 0 Å². The second-order valence-corrected chi connectivity index (χ2v) is 6.26. The molecule has 0 aliphatic rings. The van der Waals surface area contributed by atoms with Crippen LogP contribution in [-0.4, -0.2) is 14.2 Å². The lowest BCUT2D eigenvalue weighted by Crippen LogP contribution is -2.23. The maximum absolute atomic E-state index is 6.33. The van der Waals surface area contributed by atoms with Crippen LogP contribution in [0.3, 0.4) is 0 Å². The molecule has 0 saturated heterocycles. The van der Waals surface area contributed by atoms with Gasteiger partial charge in [0.25, 0.3) is 0 Å². The molecule has 2 N–H and O–H groups in total. The molecule has 0 aliphatic heterocycles. The molecule has 2 atom stereocenters. The summed E-state index contributed by atoms with van der Waals surface area (Å²) in [4.78, 5) is 0. The molecule has 0 radical (unpaired) electrons. The van der Waals surface area contributed by atoms with Crippen molar-refractivity contribution >= 4 is 0 Å². The number of ether oxygens (including phenoxy) is 2. The van der Waals surface area contributed by atoms with Crippen LogP contribution in [0.15, 0.2) is 18.2 Å². The number of hydrogen-bond acceptors (Lipinski definition) is 3. The molecule has 2 unspecified atom stereocenters. The predicted octanol–water partition coefficient (Wildman–Crippen LogP) is 3.78. The molecule has 0 bridgehead atoms. The molecule has 0 saturated carbocycles. The van der Waals surface area contributed by atoms with Crippen LogP contribution in [-0.2, 0) is 0 Å². The zero-order valence-corrected chi connectivity index (χ0v) is 13.0. The van der Waals surface area contributed by atoms with Gasteiger partial charge in [0.1, 0.15) is 11.5 Å². The summed E-state index contributed by atoms with van der Waals surface area (Å²) in [6.45, 7) is 8.99. The Kier molecular flexibility index (Phi) is 5.24. The van der Waals surface area contributed by atoms with Gasteiger partial charge in [-0.1, -0.05) is 27.7 Å². The SMILES string of the molecule is COc1cc(OC)cc(C(N)CC(C)C(C)(C)C)c1. The standard InChI is InChI=1S/C16H27NO2/c1-11(16(2,3)4)7-15(17)12-8-13(18-5)10-14(9-12)19-6/h8-11,15H,7,17H2,1-6H3. The molecule has 0 amide bonds. The molecule has 1 rings (SSSR count). The largest absolute Gasteiger partial charge is 0.497 e. The topological polar surface area (TPSA) is 44.5 Å². The van der Waals surface area contributed by atoms with Crippen molar-refractivity contribution < 1.29 is 9.47 Å². The quantitative estimate of drug-likeness (QED) is 0.881. The van der Waals surface area contributed by atoms with Crippen molar-refractivity contribution in [3.63, 3.8) is 0 Å². The van der Waals surface area contributed by atoms with Gasteiger partial charge in [-0.15, -0.1) is 0 Å². The maximum Gasteiger partial charge on any atom is 0.122 e. The summed E-state index contributed by atoms with van der Waals surface area (Å²) in [7, 11) is 3.31. The minimum Gasteiger partial charge on any atom is -0.497 e. The van der Waals surface area contributed by atoms with E-state index < -0.39 is 0 Å². The molecule has 3 heteroatoms. The minimum atomic E-state index is -0.00164. The van der Waals surface area contributed by atoms with E-state index in [1.165, 1.54) is 0 Å². The lowest BCUT2D eigenvalue weighted by Gasteiger charge is -2.29. The van der Waals surface area contributed by atoms with Gasteiger partial charge in [0.15, 0.2) is 0 Å². The van der Waals surface area contributed by atoms with Crippen LogP contribution in [0.4, 0.5) is 0 Å². The Morgan fingerprint density at radius 2 is 1.53 bits per heavy atom. The van der Waals surface area contributed by atoms with Gasteiger partial charge in [0.2, 0.25) is 0 Å². The highest BCUT2D eigenvalue weighted by Crippen LogP contribution is 2.34. The molecule has 0 fully saturated rings. The van der Waals surface area contributed by atoms with Gasteiger partial charge in [0.05, 0.1) is 14.2 Å². The number of hydrogen-bond donors (Lipinski definition) is 1. The fourth-order valence-electron chi connectivity index (χ4n) is 1.91. The van der Waals surface area contributed by atoms with E-state index in [0.717, 1.165) is 23.5 Å². The van der Waals surface area contributed by atoms with E-state index in [2.05, 4.69) is 27.7 Å². The first kappa shape index (κ1) is 15.8. The van der Waals surface area contributed by atoms with E-state index in [9.17, 15) is 0 Å². The van der Waals surface area contributed by atoms with Crippen LogP contribution in [0, 0.1) is 11.3 Å². The molecule has 0 aromatic heterocycles. The maximum atomic E-state index is 6.33. The first-order valence-corrected chi connectivity index (χ1v) is 6.76. The average molecular weight is 265 g/mol. The number of methoxy groups -OCH3 is 2. The van der Waals surface area contributed by atoms with Crippen LogP contribution in [0.1, 0.15) is 45.7 Å². The fourth-order valence-corrected chi connectivity index (χ4v) is 1.91. The lowest BCUT2D eigenvalue weighted by molar-refractivity contribution is 0.233. The average Bonchev–Trinajstić information content (AvgIpc) is 2.36. The van der Waals surface area contributed by atoms with Crippen LogP contribution >= 0.6 is 0 Å². The minimum absolute atomic E-state index is 0.00164. The van der Waals surface area contributed by atoms with Crippen molar-refractivity contribution in [3.05, 3.63) is 23.8 Å². The molecular weight excluding hydrogens is 238 g/mol. The van der Waals surface area contributed by atoms with Crippen LogP contribution < -0.4 is 15.2 Å². The van der Waals surface area contributed by atoms with Gasteiger partial charge >= 0.3 is 0 Å².